The first kappa shape index (κ1) is 27.6. The van der Waals surface area contributed by atoms with E-state index in [2.05, 4.69) is 20.2 Å². The van der Waals surface area contributed by atoms with E-state index in [1.807, 2.05) is 18.4 Å². The van der Waals surface area contributed by atoms with Gasteiger partial charge in [-0.05, 0) is 58.7 Å². The number of rotatable bonds is 6. The molecule has 0 saturated carbocycles. The Morgan fingerprint density at radius 3 is 2.72 bits per heavy atom. The van der Waals surface area contributed by atoms with Crippen LogP contribution in [-0.4, -0.2) is 74.2 Å². The number of aliphatic hydroxyl groups is 2. The minimum atomic E-state index is -0.806. The van der Waals surface area contributed by atoms with E-state index < -0.39 is 23.8 Å². The van der Waals surface area contributed by atoms with Gasteiger partial charge in [0.15, 0.2) is 11.2 Å². The first-order valence-corrected chi connectivity index (χ1v) is 13.5. The number of piperidine rings is 1. The van der Waals surface area contributed by atoms with Gasteiger partial charge in [-0.15, -0.1) is 0 Å². The second kappa shape index (κ2) is 11.2. The van der Waals surface area contributed by atoms with Crippen molar-refractivity contribution in [2.24, 2.45) is 0 Å². The maximum Gasteiger partial charge on any atom is 0.223 e. The first-order valence-electron chi connectivity index (χ1n) is 13.5. The Balaban J connectivity index is 1.61. The Morgan fingerprint density at radius 2 is 2.00 bits per heavy atom. The molecule has 5 rings (SSSR count). The monoisotopic (exact) mass is 543 g/mol. The SMILES string of the molecule is Cc1c(CN2CCC[C@H](O)C2)n(C(C)C)c2cc(-c3nc(N[C@@H]4CCOC[C@H]4O)ncc3F)c(F)cc2c1=O. The predicted molar refractivity (Wildman–Crippen MR) is 144 cm³/mol. The van der Waals surface area contributed by atoms with Gasteiger partial charge in [0.1, 0.15) is 11.5 Å². The molecule has 210 valence electrons. The smallest absolute Gasteiger partial charge is 0.223 e. The Hall–Kier alpha value is -2.99. The van der Waals surface area contributed by atoms with Gasteiger partial charge in [0.2, 0.25) is 5.95 Å². The zero-order valence-corrected chi connectivity index (χ0v) is 22.5. The number of nitrogens with zero attached hydrogens (tertiary/aromatic N) is 4. The molecule has 3 N–H and O–H groups in total. The molecule has 0 unspecified atom stereocenters. The number of hydrogen-bond donors (Lipinski definition) is 3. The van der Waals surface area contributed by atoms with E-state index in [1.165, 1.54) is 6.07 Å². The number of fused-ring (bicyclic) bond motifs is 1. The lowest BCUT2D eigenvalue weighted by Gasteiger charge is -2.32. The van der Waals surface area contributed by atoms with Crippen LogP contribution in [0.1, 0.15) is 50.4 Å². The number of likely N-dealkylation sites (tertiary alicyclic amines) is 1. The number of aliphatic hydroxyl groups excluding tert-OH is 2. The molecule has 0 spiro atoms. The molecule has 2 aliphatic heterocycles. The third-order valence-electron chi connectivity index (χ3n) is 7.66. The average molecular weight is 544 g/mol. The molecular weight excluding hydrogens is 508 g/mol. The molecule has 0 radical (unpaired) electrons. The van der Waals surface area contributed by atoms with E-state index in [4.69, 9.17) is 4.74 Å². The molecule has 2 aromatic heterocycles. The van der Waals surface area contributed by atoms with Crippen molar-refractivity contribution in [2.45, 2.75) is 70.9 Å². The highest BCUT2D eigenvalue weighted by Gasteiger charge is 2.26. The number of nitrogens with one attached hydrogen (secondary N) is 1. The lowest BCUT2D eigenvalue weighted by molar-refractivity contribution is -0.0136. The Kier molecular flexibility index (Phi) is 7.95. The fourth-order valence-corrected chi connectivity index (χ4v) is 5.64. The molecule has 3 aromatic rings. The van der Waals surface area contributed by atoms with Gasteiger partial charge in [-0.2, -0.15) is 0 Å². The van der Waals surface area contributed by atoms with Crippen LogP contribution in [0.4, 0.5) is 14.7 Å². The fraction of sp³-hybridized carbons (Fsp3) is 0.536. The van der Waals surface area contributed by atoms with Gasteiger partial charge in [0.25, 0.3) is 0 Å². The molecule has 2 fully saturated rings. The number of pyridine rings is 1. The molecule has 3 atom stereocenters. The number of hydrogen-bond acceptors (Lipinski definition) is 8. The van der Waals surface area contributed by atoms with Crippen LogP contribution in [0.3, 0.4) is 0 Å². The van der Waals surface area contributed by atoms with Crippen LogP contribution in [0.2, 0.25) is 0 Å². The summed E-state index contributed by atoms with van der Waals surface area (Å²) >= 11 is 0. The van der Waals surface area contributed by atoms with E-state index >= 15 is 8.78 Å². The van der Waals surface area contributed by atoms with Crippen LogP contribution in [-0.2, 0) is 11.3 Å². The number of aromatic nitrogens is 3. The summed E-state index contributed by atoms with van der Waals surface area (Å²) < 4.78 is 37.8. The van der Waals surface area contributed by atoms with Crippen LogP contribution >= 0.6 is 0 Å². The largest absolute Gasteiger partial charge is 0.392 e. The van der Waals surface area contributed by atoms with Gasteiger partial charge in [-0.25, -0.2) is 18.7 Å². The third-order valence-corrected chi connectivity index (χ3v) is 7.66. The number of benzene rings is 1. The zero-order valence-electron chi connectivity index (χ0n) is 22.5. The van der Waals surface area contributed by atoms with Crippen LogP contribution in [0.25, 0.3) is 22.2 Å². The van der Waals surface area contributed by atoms with Crippen molar-refractivity contribution in [3.8, 4) is 11.3 Å². The number of halogens is 2. The maximum absolute atomic E-state index is 15.5. The molecule has 39 heavy (non-hydrogen) atoms. The van der Waals surface area contributed by atoms with E-state index in [-0.39, 0.29) is 46.7 Å². The van der Waals surface area contributed by atoms with E-state index in [0.29, 0.717) is 37.2 Å². The van der Waals surface area contributed by atoms with Crippen molar-refractivity contribution >= 4 is 16.9 Å². The Bertz CT molecular complexity index is 1430. The minimum Gasteiger partial charge on any atom is -0.392 e. The molecular formula is C28H35F2N5O4. The second-order valence-electron chi connectivity index (χ2n) is 10.8. The van der Waals surface area contributed by atoms with E-state index in [1.54, 1.807) is 6.92 Å². The van der Waals surface area contributed by atoms with Gasteiger partial charge in [-0.3, -0.25) is 9.69 Å². The summed E-state index contributed by atoms with van der Waals surface area (Å²) in [5.74, 6) is -1.51. The predicted octanol–water partition coefficient (Wildman–Crippen LogP) is 3.14. The summed E-state index contributed by atoms with van der Waals surface area (Å²) in [7, 11) is 0. The fourth-order valence-electron chi connectivity index (χ4n) is 5.64. The van der Waals surface area contributed by atoms with E-state index in [9.17, 15) is 15.0 Å². The summed E-state index contributed by atoms with van der Waals surface area (Å²) in [5.41, 5.74) is 1.19. The van der Waals surface area contributed by atoms with Crippen molar-refractivity contribution in [1.29, 1.82) is 0 Å². The lowest BCUT2D eigenvalue weighted by Crippen LogP contribution is -2.42. The Labute approximate surface area is 225 Å². The number of β-amino-alcohol motifs (C(OH)–C–C–N with tert-alkyl or cyclic N) is 1. The summed E-state index contributed by atoms with van der Waals surface area (Å²) in [6.45, 7) is 8.10. The standard InChI is InChI=1S/C28H35F2N5O4/c1-15(2)35-23-10-18(26-21(30)11-31-28(33-26)32-22-6-8-39-14-25(22)37)20(29)9-19(23)27(38)16(3)24(35)13-34-7-4-5-17(36)12-34/h9-11,15,17,22,25,36-37H,4-8,12-14H2,1-3H3,(H,31,32,33)/t17-,22+,25+/m0/s1. The maximum atomic E-state index is 15.5. The zero-order chi connectivity index (χ0) is 27.8. The molecule has 2 aliphatic rings. The molecule has 0 bridgehead atoms. The summed E-state index contributed by atoms with van der Waals surface area (Å²) in [6.07, 6.45) is 1.91. The highest BCUT2D eigenvalue weighted by Crippen LogP contribution is 2.31. The quantitative estimate of drug-likeness (QED) is 0.435. The highest BCUT2D eigenvalue weighted by atomic mass is 19.1. The van der Waals surface area contributed by atoms with Crippen molar-refractivity contribution in [1.82, 2.24) is 19.4 Å². The minimum absolute atomic E-state index is 0.0614. The number of ether oxygens (including phenoxy) is 1. The summed E-state index contributed by atoms with van der Waals surface area (Å²) in [4.78, 5) is 23.8. The molecule has 1 aromatic carbocycles. The molecule has 2 saturated heterocycles. The van der Waals surface area contributed by atoms with Crippen LogP contribution in [0.5, 0.6) is 0 Å². The molecule has 9 nitrogen and oxygen atoms in total. The van der Waals surface area contributed by atoms with Gasteiger partial charge < -0.3 is 24.8 Å². The average Bonchev–Trinajstić information content (AvgIpc) is 2.89. The molecule has 4 heterocycles. The number of anilines is 1. The summed E-state index contributed by atoms with van der Waals surface area (Å²) in [6, 6.07) is 2.17. The molecule has 0 amide bonds. The van der Waals surface area contributed by atoms with Gasteiger partial charge >= 0.3 is 0 Å². The topological polar surface area (TPSA) is 113 Å². The van der Waals surface area contributed by atoms with Gasteiger partial charge in [-0.1, -0.05) is 0 Å². The Morgan fingerprint density at radius 1 is 1.21 bits per heavy atom. The van der Waals surface area contributed by atoms with Crippen LogP contribution in [0, 0.1) is 18.6 Å². The van der Waals surface area contributed by atoms with Gasteiger partial charge in [0.05, 0.1) is 36.6 Å². The van der Waals surface area contributed by atoms with Crippen molar-refractivity contribution in [3.63, 3.8) is 0 Å². The van der Waals surface area contributed by atoms with Crippen LogP contribution < -0.4 is 10.7 Å². The normalized spacial score (nSPS) is 22.5. The second-order valence-corrected chi connectivity index (χ2v) is 10.8. The van der Waals surface area contributed by atoms with Crippen molar-refractivity contribution in [2.75, 3.05) is 31.6 Å². The first-order chi connectivity index (χ1) is 18.6. The summed E-state index contributed by atoms with van der Waals surface area (Å²) in [5, 5.41) is 23.6. The van der Waals surface area contributed by atoms with Crippen molar-refractivity contribution in [3.05, 3.63) is 51.4 Å². The highest BCUT2D eigenvalue weighted by molar-refractivity contribution is 5.85. The third kappa shape index (κ3) is 5.54. The van der Waals surface area contributed by atoms with E-state index in [0.717, 1.165) is 37.3 Å². The van der Waals surface area contributed by atoms with Crippen molar-refractivity contribution < 1.29 is 23.7 Å². The van der Waals surface area contributed by atoms with Crippen LogP contribution in [0.15, 0.2) is 23.1 Å². The molecule has 0 aliphatic carbocycles. The molecule has 11 heteroatoms. The lowest BCUT2D eigenvalue weighted by atomic mass is 10.0. The van der Waals surface area contributed by atoms with Gasteiger partial charge in [0, 0.05) is 47.9 Å².